The Kier molecular flexibility index (Phi) is 6.40. The molecule has 0 fully saturated rings. The molecule has 0 aliphatic carbocycles. The average Bonchev–Trinajstić information content (AvgIpc) is 2.49. The van der Waals surface area contributed by atoms with Gasteiger partial charge >= 0.3 is 0 Å². The summed E-state index contributed by atoms with van der Waals surface area (Å²) in [6.07, 6.45) is 0. The number of carbonyl (C=O) groups is 1. The normalized spacial score (nSPS) is 10.2. The van der Waals surface area contributed by atoms with Crippen molar-refractivity contribution in [1.29, 1.82) is 0 Å². The summed E-state index contributed by atoms with van der Waals surface area (Å²) < 4.78 is 19.5. The maximum atomic E-state index is 13.8. The molecule has 126 valence electrons. The molecule has 2 rings (SSSR count). The number of halogens is 4. The van der Waals surface area contributed by atoms with E-state index >= 15 is 0 Å². The van der Waals surface area contributed by atoms with E-state index in [0.29, 0.717) is 4.47 Å². The van der Waals surface area contributed by atoms with Gasteiger partial charge in [0.2, 0.25) is 0 Å². The monoisotopic (exact) mass is 450 g/mol. The minimum Gasteiger partial charge on any atom is -0.494 e. The number of hydrogen-bond donors (Lipinski definition) is 2. The summed E-state index contributed by atoms with van der Waals surface area (Å²) in [6.45, 7) is 0. The van der Waals surface area contributed by atoms with E-state index in [4.69, 9.17) is 40.2 Å². The highest BCUT2D eigenvalue weighted by Crippen LogP contribution is 2.32. The van der Waals surface area contributed by atoms with Crippen LogP contribution in [0.5, 0.6) is 5.75 Å². The third kappa shape index (κ3) is 4.57. The first-order valence-corrected chi connectivity index (χ1v) is 8.38. The van der Waals surface area contributed by atoms with Gasteiger partial charge < -0.3 is 10.1 Å². The predicted molar refractivity (Wildman–Crippen MR) is 101 cm³/mol. The second kappa shape index (κ2) is 8.11. The van der Waals surface area contributed by atoms with Crippen LogP contribution in [0.4, 0.5) is 10.1 Å². The zero-order valence-electron chi connectivity index (χ0n) is 12.1. The van der Waals surface area contributed by atoms with Crippen LogP contribution in [0.3, 0.4) is 0 Å². The van der Waals surface area contributed by atoms with E-state index < -0.39 is 11.7 Å². The van der Waals surface area contributed by atoms with Gasteiger partial charge in [-0.1, -0.05) is 39.1 Å². The van der Waals surface area contributed by atoms with Crippen molar-refractivity contribution in [2.45, 2.75) is 0 Å². The van der Waals surface area contributed by atoms with Crippen LogP contribution in [0.15, 0.2) is 34.8 Å². The molecule has 0 bridgehead atoms. The van der Waals surface area contributed by atoms with Crippen molar-refractivity contribution >= 4 is 68.1 Å². The Morgan fingerprint density at radius 3 is 2.62 bits per heavy atom. The van der Waals surface area contributed by atoms with E-state index in [9.17, 15) is 9.18 Å². The Labute approximate surface area is 161 Å². The number of anilines is 1. The van der Waals surface area contributed by atoms with Gasteiger partial charge in [0.15, 0.2) is 5.11 Å². The van der Waals surface area contributed by atoms with Crippen molar-refractivity contribution in [3.63, 3.8) is 0 Å². The molecule has 0 spiro atoms. The highest BCUT2D eigenvalue weighted by Gasteiger charge is 2.18. The zero-order chi connectivity index (χ0) is 17.9. The Morgan fingerprint density at radius 1 is 1.29 bits per heavy atom. The van der Waals surface area contributed by atoms with Crippen LogP contribution in [0.25, 0.3) is 0 Å². The highest BCUT2D eigenvalue weighted by atomic mass is 79.9. The number of thiocarbonyl (C=S) groups is 1. The molecule has 24 heavy (non-hydrogen) atoms. The lowest BCUT2D eigenvalue weighted by atomic mass is 10.2. The first-order valence-electron chi connectivity index (χ1n) is 6.42. The quantitative estimate of drug-likeness (QED) is 0.642. The van der Waals surface area contributed by atoms with E-state index in [1.807, 2.05) is 0 Å². The molecule has 0 aliphatic heterocycles. The Bertz CT molecular complexity index is 820. The van der Waals surface area contributed by atoms with E-state index in [1.54, 1.807) is 6.07 Å². The van der Waals surface area contributed by atoms with Gasteiger partial charge in [0.05, 0.1) is 23.4 Å². The maximum absolute atomic E-state index is 13.8. The lowest BCUT2D eigenvalue weighted by Gasteiger charge is -2.13. The SMILES string of the molecule is COc1c(Cl)cc(Cl)cc1C(=O)NC(=S)Nc1ccc(Br)cc1F. The third-order valence-corrected chi connectivity index (χ3v) is 4.06. The van der Waals surface area contributed by atoms with Gasteiger partial charge in [0.25, 0.3) is 5.91 Å². The lowest BCUT2D eigenvalue weighted by Crippen LogP contribution is -2.34. The van der Waals surface area contributed by atoms with Gasteiger partial charge in [-0.15, -0.1) is 0 Å². The fourth-order valence-electron chi connectivity index (χ4n) is 1.85. The first kappa shape index (κ1) is 18.9. The van der Waals surface area contributed by atoms with Crippen LogP contribution in [0.2, 0.25) is 10.0 Å². The molecule has 0 atom stereocenters. The molecule has 0 heterocycles. The van der Waals surface area contributed by atoms with Gasteiger partial charge in [-0.25, -0.2) is 4.39 Å². The molecule has 2 aromatic rings. The summed E-state index contributed by atoms with van der Waals surface area (Å²) in [5.74, 6) is -0.952. The molecule has 0 aromatic heterocycles. The predicted octanol–water partition coefficient (Wildman–Crippen LogP) is 5.03. The smallest absolute Gasteiger partial charge is 0.261 e. The molecule has 0 saturated heterocycles. The van der Waals surface area contributed by atoms with Crippen molar-refractivity contribution in [3.05, 3.63) is 56.2 Å². The molecule has 1 amide bonds. The topological polar surface area (TPSA) is 50.4 Å². The molecule has 0 saturated carbocycles. The lowest BCUT2D eigenvalue weighted by molar-refractivity contribution is 0.0974. The van der Waals surface area contributed by atoms with E-state index in [-0.39, 0.29) is 32.2 Å². The van der Waals surface area contributed by atoms with Gasteiger partial charge in [-0.3, -0.25) is 10.1 Å². The van der Waals surface area contributed by atoms with Crippen LogP contribution in [0.1, 0.15) is 10.4 Å². The molecule has 0 unspecified atom stereocenters. The van der Waals surface area contributed by atoms with Crippen LogP contribution in [0, 0.1) is 5.82 Å². The second-order valence-corrected chi connectivity index (χ2v) is 6.67. The van der Waals surface area contributed by atoms with E-state index in [2.05, 4.69) is 26.6 Å². The Balaban J connectivity index is 2.16. The Morgan fingerprint density at radius 2 is 2.00 bits per heavy atom. The Hall–Kier alpha value is -1.41. The third-order valence-electron chi connectivity index (χ3n) is 2.86. The summed E-state index contributed by atoms with van der Waals surface area (Å²) in [4.78, 5) is 12.3. The number of benzene rings is 2. The number of amides is 1. The molecule has 4 nitrogen and oxygen atoms in total. The summed E-state index contributed by atoms with van der Waals surface area (Å²) in [6, 6.07) is 7.23. The van der Waals surface area contributed by atoms with Gasteiger partial charge in [0, 0.05) is 9.50 Å². The summed E-state index contributed by atoms with van der Waals surface area (Å²) in [5, 5.41) is 5.39. The first-order chi connectivity index (χ1) is 11.3. The number of methoxy groups -OCH3 is 1. The zero-order valence-corrected chi connectivity index (χ0v) is 16.0. The molecular weight excluding hydrogens is 442 g/mol. The van der Waals surface area contributed by atoms with Crippen molar-refractivity contribution in [2.24, 2.45) is 0 Å². The summed E-state index contributed by atoms with van der Waals surface area (Å²) >= 11 is 20.1. The second-order valence-electron chi connectivity index (χ2n) is 4.50. The van der Waals surface area contributed by atoms with Crippen molar-refractivity contribution in [3.8, 4) is 5.75 Å². The molecule has 9 heteroatoms. The average molecular weight is 452 g/mol. The van der Waals surface area contributed by atoms with Gasteiger partial charge in [-0.05, 0) is 42.5 Å². The number of hydrogen-bond acceptors (Lipinski definition) is 3. The fourth-order valence-corrected chi connectivity index (χ4v) is 2.96. The van der Waals surface area contributed by atoms with Crippen molar-refractivity contribution in [1.82, 2.24) is 5.32 Å². The molecule has 0 radical (unpaired) electrons. The largest absolute Gasteiger partial charge is 0.494 e. The number of ether oxygens (including phenoxy) is 1. The summed E-state index contributed by atoms with van der Waals surface area (Å²) in [5.41, 5.74) is 0.231. The molecule has 2 aromatic carbocycles. The van der Waals surface area contributed by atoms with Crippen LogP contribution < -0.4 is 15.4 Å². The van der Waals surface area contributed by atoms with Crippen LogP contribution in [-0.2, 0) is 0 Å². The van der Waals surface area contributed by atoms with E-state index in [1.165, 1.54) is 31.4 Å². The fraction of sp³-hybridized carbons (Fsp3) is 0.0667. The minimum absolute atomic E-state index is 0.0839. The number of rotatable bonds is 3. The standard InChI is InChI=1S/C15H10BrCl2FN2O2S/c1-23-13-9(5-8(17)6-10(13)18)14(22)21-15(24)20-12-3-2-7(16)4-11(12)19/h2-6H,1H3,(H2,20,21,22,24). The van der Waals surface area contributed by atoms with Crippen molar-refractivity contribution < 1.29 is 13.9 Å². The van der Waals surface area contributed by atoms with Crippen LogP contribution >= 0.6 is 51.3 Å². The molecular formula is C15H10BrCl2FN2O2S. The molecule has 2 N–H and O–H groups in total. The van der Waals surface area contributed by atoms with Crippen molar-refractivity contribution in [2.75, 3.05) is 12.4 Å². The number of nitrogens with one attached hydrogen (secondary N) is 2. The highest BCUT2D eigenvalue weighted by molar-refractivity contribution is 9.10. The van der Waals surface area contributed by atoms with Gasteiger partial charge in [0.1, 0.15) is 11.6 Å². The number of carbonyl (C=O) groups excluding carboxylic acids is 1. The maximum Gasteiger partial charge on any atom is 0.261 e. The van der Waals surface area contributed by atoms with E-state index in [0.717, 1.165) is 0 Å². The minimum atomic E-state index is -0.591. The molecule has 0 aliphatic rings. The van der Waals surface area contributed by atoms with Gasteiger partial charge in [-0.2, -0.15) is 0 Å². The van der Waals surface area contributed by atoms with Crippen LogP contribution in [-0.4, -0.2) is 18.1 Å². The summed E-state index contributed by atoms with van der Waals surface area (Å²) in [7, 11) is 1.37.